The van der Waals surface area contributed by atoms with Gasteiger partial charge in [0.05, 0.1) is 11.4 Å². The first-order chi connectivity index (χ1) is 10.8. The lowest BCUT2D eigenvalue weighted by Gasteiger charge is -2.14. The normalized spacial score (nSPS) is 16.8. The molecule has 4 heteroatoms. The number of Topliss-reactive ketones (excluding diaryl/α,β-unsaturated/α-hetero) is 1. The lowest BCUT2D eigenvalue weighted by atomic mass is 10.1. The Kier molecular flexibility index (Phi) is 3.12. The summed E-state index contributed by atoms with van der Waals surface area (Å²) in [6.07, 6.45) is 1.87. The fourth-order valence-electron chi connectivity index (χ4n) is 2.75. The molecule has 22 heavy (non-hydrogen) atoms. The number of fused-ring (bicyclic) bond motifs is 3. The van der Waals surface area contributed by atoms with E-state index in [1.807, 2.05) is 41.1 Å². The highest BCUT2D eigenvalue weighted by molar-refractivity contribution is 8.00. The molecule has 2 nitrogen and oxygen atoms in total. The van der Waals surface area contributed by atoms with E-state index >= 15 is 0 Å². The first-order valence-corrected chi connectivity index (χ1v) is 7.86. The summed E-state index contributed by atoms with van der Waals surface area (Å²) in [7, 11) is 0. The number of ketones is 1. The number of thioether (sulfide) groups is 1. The molecule has 0 radical (unpaired) electrons. The lowest BCUT2D eigenvalue weighted by molar-refractivity contribution is 0.0982. The molecule has 0 saturated heterocycles. The monoisotopic (exact) mass is 309 g/mol. The molecule has 0 spiro atoms. The van der Waals surface area contributed by atoms with Gasteiger partial charge < -0.3 is 4.57 Å². The molecule has 2 heterocycles. The van der Waals surface area contributed by atoms with Crippen molar-refractivity contribution in [3.8, 4) is 5.69 Å². The number of hydrogen-bond acceptors (Lipinski definition) is 2. The zero-order valence-corrected chi connectivity index (χ0v) is 12.4. The van der Waals surface area contributed by atoms with Crippen molar-refractivity contribution in [3.05, 3.63) is 83.9 Å². The number of aromatic nitrogens is 1. The van der Waals surface area contributed by atoms with Crippen molar-refractivity contribution in [2.75, 3.05) is 0 Å². The van der Waals surface area contributed by atoms with Gasteiger partial charge in [-0.2, -0.15) is 0 Å². The van der Waals surface area contributed by atoms with E-state index < -0.39 is 5.25 Å². The molecular weight excluding hydrogens is 297 g/mol. The van der Waals surface area contributed by atoms with Gasteiger partial charge in [-0.15, -0.1) is 11.8 Å². The Morgan fingerprint density at radius 1 is 0.955 bits per heavy atom. The molecular formula is C18H12FNOS. The van der Waals surface area contributed by atoms with Crippen molar-refractivity contribution in [1.29, 1.82) is 0 Å². The molecule has 0 N–H and O–H groups in total. The highest BCUT2D eigenvalue weighted by Gasteiger charge is 2.31. The molecule has 3 aromatic rings. The van der Waals surface area contributed by atoms with E-state index in [0.29, 0.717) is 11.3 Å². The van der Waals surface area contributed by atoms with Crippen LogP contribution in [0, 0.1) is 5.82 Å². The topological polar surface area (TPSA) is 22.0 Å². The third kappa shape index (κ3) is 1.99. The van der Waals surface area contributed by atoms with E-state index in [4.69, 9.17) is 0 Å². The Morgan fingerprint density at radius 2 is 1.73 bits per heavy atom. The summed E-state index contributed by atoms with van der Waals surface area (Å²) in [5.74, 6) is -0.415. The second kappa shape index (κ2) is 5.14. The molecule has 1 aliphatic rings. The Morgan fingerprint density at radius 3 is 2.59 bits per heavy atom. The van der Waals surface area contributed by atoms with Gasteiger partial charge in [-0.3, -0.25) is 4.79 Å². The van der Waals surface area contributed by atoms with Gasteiger partial charge in [0.2, 0.25) is 0 Å². The van der Waals surface area contributed by atoms with Crippen LogP contribution in [0.3, 0.4) is 0 Å². The van der Waals surface area contributed by atoms with Crippen LogP contribution in [0.25, 0.3) is 5.69 Å². The van der Waals surface area contributed by atoms with Crippen LogP contribution >= 0.6 is 11.8 Å². The summed E-state index contributed by atoms with van der Waals surface area (Å²) in [6, 6.07) is 17.9. The molecule has 0 aliphatic carbocycles. The van der Waals surface area contributed by atoms with E-state index in [2.05, 4.69) is 0 Å². The Hall–Kier alpha value is -2.33. The second-order valence-corrected chi connectivity index (χ2v) is 6.26. The lowest BCUT2D eigenvalue weighted by Crippen LogP contribution is -2.12. The minimum atomic E-state index is -0.571. The maximum absolute atomic E-state index is 14.2. The first kappa shape index (κ1) is 13.3. The van der Waals surface area contributed by atoms with E-state index in [0.717, 1.165) is 10.6 Å². The van der Waals surface area contributed by atoms with E-state index in [9.17, 15) is 9.18 Å². The number of rotatable bonds is 1. The summed E-state index contributed by atoms with van der Waals surface area (Å²) in [5, 5.41) is -0.571. The molecule has 1 unspecified atom stereocenters. The van der Waals surface area contributed by atoms with Gasteiger partial charge in [-0.1, -0.05) is 30.3 Å². The molecule has 0 amide bonds. The maximum Gasteiger partial charge on any atom is 0.197 e. The average Bonchev–Trinajstić information content (AvgIpc) is 2.99. The number of halogens is 1. The number of carbonyl (C=O) groups excluding carboxylic acids is 1. The molecule has 2 aromatic carbocycles. The average molecular weight is 309 g/mol. The fraction of sp³-hybridized carbons (Fsp3) is 0.0556. The van der Waals surface area contributed by atoms with Gasteiger partial charge in [-0.05, 0) is 30.3 Å². The van der Waals surface area contributed by atoms with E-state index in [1.54, 1.807) is 24.3 Å². The number of hydrogen-bond donors (Lipinski definition) is 0. The molecule has 0 saturated carbocycles. The standard InChI is InChI=1S/C18H12FNOS/c19-13-7-2-1-6-12(13)18-17(21)15-9-5-11-20(15)14-8-3-4-10-16(14)22-18/h1-11,18H. The van der Waals surface area contributed by atoms with Gasteiger partial charge >= 0.3 is 0 Å². The number of nitrogens with zero attached hydrogens (tertiary/aromatic N) is 1. The second-order valence-electron chi connectivity index (χ2n) is 5.11. The van der Waals surface area contributed by atoms with E-state index in [1.165, 1.54) is 17.8 Å². The summed E-state index contributed by atoms with van der Waals surface area (Å²) in [6.45, 7) is 0. The van der Waals surface area contributed by atoms with Crippen molar-refractivity contribution < 1.29 is 9.18 Å². The summed E-state index contributed by atoms with van der Waals surface area (Å²) in [4.78, 5) is 13.9. The number of para-hydroxylation sites is 1. The van der Waals surface area contributed by atoms with Gasteiger partial charge in [0.15, 0.2) is 5.78 Å². The Balaban J connectivity index is 1.94. The van der Waals surface area contributed by atoms with Crippen molar-refractivity contribution in [1.82, 2.24) is 4.57 Å². The van der Waals surface area contributed by atoms with Crippen molar-refractivity contribution in [2.24, 2.45) is 0 Å². The van der Waals surface area contributed by atoms with Crippen LogP contribution in [0.4, 0.5) is 4.39 Å². The summed E-state index contributed by atoms with van der Waals surface area (Å²) < 4.78 is 16.1. The van der Waals surface area contributed by atoms with Crippen molar-refractivity contribution in [2.45, 2.75) is 10.1 Å². The van der Waals surface area contributed by atoms with Crippen LogP contribution in [-0.2, 0) is 0 Å². The third-order valence-electron chi connectivity index (χ3n) is 3.80. The third-order valence-corrected chi connectivity index (χ3v) is 5.10. The minimum Gasteiger partial charge on any atom is -0.313 e. The van der Waals surface area contributed by atoms with Gasteiger partial charge in [0.1, 0.15) is 11.1 Å². The Labute approximate surface area is 131 Å². The predicted octanol–water partition coefficient (Wildman–Crippen LogP) is 4.65. The van der Waals surface area contributed by atoms with Crippen LogP contribution in [0.1, 0.15) is 21.3 Å². The van der Waals surface area contributed by atoms with Gasteiger partial charge in [0, 0.05) is 16.7 Å². The fourth-order valence-corrected chi connectivity index (χ4v) is 4.00. The van der Waals surface area contributed by atoms with Crippen LogP contribution in [0.5, 0.6) is 0 Å². The molecule has 1 atom stereocenters. The van der Waals surface area contributed by atoms with Crippen LogP contribution in [0.15, 0.2) is 71.8 Å². The largest absolute Gasteiger partial charge is 0.313 e. The molecule has 1 aromatic heterocycles. The van der Waals surface area contributed by atoms with E-state index in [-0.39, 0.29) is 11.6 Å². The van der Waals surface area contributed by atoms with Crippen molar-refractivity contribution in [3.63, 3.8) is 0 Å². The highest BCUT2D eigenvalue weighted by Crippen LogP contribution is 2.44. The quantitative estimate of drug-likeness (QED) is 0.653. The SMILES string of the molecule is O=C1c2cccn2-c2ccccc2SC1c1ccccc1F. The van der Waals surface area contributed by atoms with Gasteiger partial charge in [-0.25, -0.2) is 4.39 Å². The number of benzene rings is 2. The van der Waals surface area contributed by atoms with Crippen LogP contribution in [0.2, 0.25) is 0 Å². The molecule has 0 bridgehead atoms. The smallest absolute Gasteiger partial charge is 0.197 e. The molecule has 4 rings (SSSR count). The minimum absolute atomic E-state index is 0.0729. The zero-order chi connectivity index (χ0) is 15.1. The molecule has 108 valence electrons. The molecule has 0 fully saturated rings. The van der Waals surface area contributed by atoms with Crippen LogP contribution in [-0.4, -0.2) is 10.4 Å². The maximum atomic E-state index is 14.2. The summed E-state index contributed by atoms with van der Waals surface area (Å²) >= 11 is 1.40. The Bertz CT molecular complexity index is 871. The number of carbonyl (C=O) groups is 1. The summed E-state index contributed by atoms with van der Waals surface area (Å²) in [5.41, 5.74) is 1.98. The van der Waals surface area contributed by atoms with Gasteiger partial charge in [0.25, 0.3) is 0 Å². The first-order valence-electron chi connectivity index (χ1n) is 6.98. The zero-order valence-electron chi connectivity index (χ0n) is 11.6. The highest BCUT2D eigenvalue weighted by atomic mass is 32.2. The predicted molar refractivity (Wildman–Crippen MR) is 85.1 cm³/mol. The van der Waals surface area contributed by atoms with Crippen LogP contribution < -0.4 is 0 Å². The van der Waals surface area contributed by atoms with Crippen molar-refractivity contribution >= 4 is 17.5 Å². The molecule has 1 aliphatic heterocycles.